The smallest absolute Gasteiger partial charge is 0.318 e. The van der Waals surface area contributed by atoms with E-state index >= 15 is 0 Å². The van der Waals surface area contributed by atoms with Gasteiger partial charge in [0.05, 0.1) is 25.4 Å². The number of nitrogens with one attached hydrogen (secondary N) is 1. The Morgan fingerprint density at radius 2 is 2.04 bits per heavy atom. The molecule has 1 fully saturated rings. The van der Waals surface area contributed by atoms with Crippen LogP contribution in [0.4, 0.5) is 4.79 Å². The van der Waals surface area contributed by atoms with Crippen molar-refractivity contribution < 1.29 is 9.53 Å². The number of aromatic nitrogens is 1. The zero-order chi connectivity index (χ0) is 17.6. The third-order valence-electron chi connectivity index (χ3n) is 4.23. The summed E-state index contributed by atoms with van der Waals surface area (Å²) >= 11 is 0. The Labute approximate surface area is 149 Å². The lowest BCUT2D eigenvalue weighted by Gasteiger charge is -2.24. The van der Waals surface area contributed by atoms with Gasteiger partial charge in [0, 0.05) is 17.3 Å². The van der Waals surface area contributed by atoms with Gasteiger partial charge in [0.1, 0.15) is 5.75 Å². The van der Waals surface area contributed by atoms with Gasteiger partial charge in [-0.15, -0.1) is 0 Å². The first-order valence-electron chi connectivity index (χ1n) is 8.85. The average Bonchev–Trinajstić information content (AvgIpc) is 3.44. The van der Waals surface area contributed by atoms with Gasteiger partial charge in [0.25, 0.3) is 0 Å². The first kappa shape index (κ1) is 17.3. The van der Waals surface area contributed by atoms with Crippen molar-refractivity contribution in [1.29, 1.82) is 0 Å². The lowest BCUT2D eigenvalue weighted by atomic mass is 10.2. The van der Waals surface area contributed by atoms with Crippen LogP contribution in [0.25, 0.3) is 0 Å². The van der Waals surface area contributed by atoms with Gasteiger partial charge >= 0.3 is 6.03 Å². The van der Waals surface area contributed by atoms with Crippen LogP contribution in [-0.2, 0) is 13.1 Å². The number of amides is 2. The fraction of sp³-hybridized carbons (Fsp3) is 0.400. The number of carbonyl (C=O) groups excluding carboxylic acids is 1. The highest BCUT2D eigenvalue weighted by Crippen LogP contribution is 2.30. The highest BCUT2D eigenvalue weighted by molar-refractivity contribution is 5.75. The van der Waals surface area contributed by atoms with E-state index in [1.807, 2.05) is 61.2 Å². The van der Waals surface area contributed by atoms with E-state index in [4.69, 9.17) is 4.74 Å². The van der Waals surface area contributed by atoms with Crippen molar-refractivity contribution in [2.24, 2.45) is 0 Å². The van der Waals surface area contributed by atoms with Crippen LogP contribution in [-0.4, -0.2) is 28.6 Å². The van der Waals surface area contributed by atoms with Crippen LogP contribution in [0.1, 0.15) is 36.7 Å². The molecular formula is C20H25N3O2. The highest BCUT2D eigenvalue weighted by atomic mass is 16.5. The number of rotatable bonds is 7. The van der Waals surface area contributed by atoms with Gasteiger partial charge in [-0.25, -0.2) is 4.79 Å². The maximum absolute atomic E-state index is 12.7. The van der Waals surface area contributed by atoms with Crippen LogP contribution in [0.3, 0.4) is 0 Å². The molecule has 2 aromatic rings. The molecule has 25 heavy (non-hydrogen) atoms. The molecule has 5 heteroatoms. The number of hydrogen-bond acceptors (Lipinski definition) is 3. The van der Waals surface area contributed by atoms with Crippen LogP contribution in [0.2, 0.25) is 0 Å². The van der Waals surface area contributed by atoms with E-state index in [-0.39, 0.29) is 6.03 Å². The molecule has 1 saturated carbocycles. The topological polar surface area (TPSA) is 54.5 Å². The quantitative estimate of drug-likeness (QED) is 0.837. The molecule has 5 nitrogen and oxygen atoms in total. The van der Waals surface area contributed by atoms with E-state index in [9.17, 15) is 4.79 Å². The van der Waals surface area contributed by atoms with Gasteiger partial charge in [0.15, 0.2) is 0 Å². The van der Waals surface area contributed by atoms with E-state index < -0.39 is 0 Å². The molecular weight excluding hydrogens is 314 g/mol. The average molecular weight is 339 g/mol. The molecule has 3 rings (SSSR count). The van der Waals surface area contributed by atoms with Crippen LogP contribution >= 0.6 is 0 Å². The van der Waals surface area contributed by atoms with Gasteiger partial charge in [-0.1, -0.05) is 24.3 Å². The van der Waals surface area contributed by atoms with Gasteiger partial charge in [-0.05, 0) is 44.9 Å². The van der Waals surface area contributed by atoms with Crippen molar-refractivity contribution in [3.63, 3.8) is 0 Å². The fourth-order valence-corrected chi connectivity index (χ4v) is 2.83. The molecule has 132 valence electrons. The minimum Gasteiger partial charge on any atom is -0.494 e. The Balaban J connectivity index is 1.66. The molecule has 0 bridgehead atoms. The van der Waals surface area contributed by atoms with Crippen molar-refractivity contribution in [1.82, 2.24) is 15.2 Å². The van der Waals surface area contributed by atoms with Crippen LogP contribution in [0.5, 0.6) is 5.75 Å². The fourth-order valence-electron chi connectivity index (χ4n) is 2.83. The number of pyridine rings is 1. The number of hydrogen-bond donors (Lipinski definition) is 1. The number of urea groups is 1. The summed E-state index contributed by atoms with van der Waals surface area (Å²) in [4.78, 5) is 19.0. The molecule has 0 spiro atoms. The largest absolute Gasteiger partial charge is 0.494 e. The van der Waals surface area contributed by atoms with Gasteiger partial charge in [-0.2, -0.15) is 0 Å². The Bertz CT molecular complexity index is 728. The minimum atomic E-state index is -0.0443. The molecule has 1 heterocycles. The second kappa shape index (κ2) is 8.01. The lowest BCUT2D eigenvalue weighted by molar-refractivity contribution is 0.190. The monoisotopic (exact) mass is 339 g/mol. The second-order valence-electron chi connectivity index (χ2n) is 6.33. The molecule has 1 aliphatic rings. The Kier molecular flexibility index (Phi) is 5.53. The number of aryl methyl sites for hydroxylation is 1. The summed E-state index contributed by atoms with van der Waals surface area (Å²) in [6.07, 6.45) is 2.12. The molecule has 0 saturated heterocycles. The predicted octanol–water partition coefficient (Wildman–Crippen LogP) is 3.66. The Morgan fingerprint density at radius 1 is 1.24 bits per heavy atom. The molecule has 1 aromatic heterocycles. The number of ether oxygens (including phenoxy) is 1. The molecule has 2 amide bonds. The highest BCUT2D eigenvalue weighted by Gasteiger charge is 2.33. The first-order valence-corrected chi connectivity index (χ1v) is 8.85. The molecule has 1 aliphatic carbocycles. The normalized spacial score (nSPS) is 13.4. The van der Waals surface area contributed by atoms with Crippen LogP contribution in [0, 0.1) is 6.92 Å². The van der Waals surface area contributed by atoms with E-state index in [1.54, 1.807) is 0 Å². The predicted molar refractivity (Wildman–Crippen MR) is 97.4 cm³/mol. The number of benzene rings is 1. The van der Waals surface area contributed by atoms with Crippen molar-refractivity contribution in [3.05, 3.63) is 59.4 Å². The molecule has 1 aromatic carbocycles. The number of carbonyl (C=O) groups is 1. The van der Waals surface area contributed by atoms with Crippen molar-refractivity contribution in [3.8, 4) is 5.75 Å². The van der Waals surface area contributed by atoms with Crippen LogP contribution in [0.15, 0.2) is 42.5 Å². The Hall–Kier alpha value is -2.56. The van der Waals surface area contributed by atoms with Gasteiger partial charge in [0.2, 0.25) is 0 Å². The van der Waals surface area contributed by atoms with Crippen molar-refractivity contribution in [2.75, 3.05) is 6.61 Å². The number of para-hydroxylation sites is 1. The summed E-state index contributed by atoms with van der Waals surface area (Å²) in [5.41, 5.74) is 2.87. The third kappa shape index (κ3) is 4.72. The summed E-state index contributed by atoms with van der Waals surface area (Å²) < 4.78 is 5.69. The maximum Gasteiger partial charge on any atom is 0.318 e. The Morgan fingerprint density at radius 3 is 2.76 bits per heavy atom. The van der Waals surface area contributed by atoms with E-state index in [0.29, 0.717) is 25.7 Å². The van der Waals surface area contributed by atoms with E-state index in [1.165, 1.54) is 0 Å². The number of nitrogens with zero attached hydrogens (tertiary/aromatic N) is 2. The second-order valence-corrected chi connectivity index (χ2v) is 6.33. The summed E-state index contributed by atoms with van der Waals surface area (Å²) in [6.45, 7) is 5.54. The summed E-state index contributed by atoms with van der Waals surface area (Å²) in [5.74, 6) is 0.851. The van der Waals surface area contributed by atoms with Crippen LogP contribution < -0.4 is 10.1 Å². The standard InChI is InChI=1S/C20H25N3O2/c1-3-25-19-10-5-4-8-16(19)14-23(18-11-12-18)20(24)21-13-17-9-6-7-15(2)22-17/h4-10,18H,3,11-14H2,1-2H3,(H,21,24). The maximum atomic E-state index is 12.7. The molecule has 0 aliphatic heterocycles. The summed E-state index contributed by atoms with van der Waals surface area (Å²) in [6, 6.07) is 14.0. The third-order valence-corrected chi connectivity index (χ3v) is 4.23. The van der Waals surface area contributed by atoms with Crippen molar-refractivity contribution >= 4 is 6.03 Å². The van der Waals surface area contributed by atoms with E-state index in [0.717, 1.165) is 35.5 Å². The minimum absolute atomic E-state index is 0.0443. The summed E-state index contributed by atoms with van der Waals surface area (Å²) in [7, 11) is 0. The summed E-state index contributed by atoms with van der Waals surface area (Å²) in [5, 5.41) is 3.00. The van der Waals surface area contributed by atoms with Gasteiger partial charge in [-0.3, -0.25) is 4.98 Å². The molecule has 1 N–H and O–H groups in total. The zero-order valence-electron chi connectivity index (χ0n) is 14.9. The first-order chi connectivity index (χ1) is 12.2. The van der Waals surface area contributed by atoms with E-state index in [2.05, 4.69) is 10.3 Å². The molecule has 0 unspecified atom stereocenters. The zero-order valence-corrected chi connectivity index (χ0v) is 14.9. The molecule has 0 radical (unpaired) electrons. The SMILES string of the molecule is CCOc1ccccc1CN(C(=O)NCc1cccc(C)n1)C1CC1. The van der Waals surface area contributed by atoms with Gasteiger partial charge < -0.3 is 15.0 Å². The lowest BCUT2D eigenvalue weighted by Crippen LogP contribution is -2.40. The molecule has 0 atom stereocenters. The van der Waals surface area contributed by atoms with Crippen molar-refractivity contribution in [2.45, 2.75) is 45.8 Å².